The van der Waals surface area contributed by atoms with Gasteiger partial charge in [0.15, 0.2) is 0 Å². The number of thioether (sulfide) groups is 1. The lowest BCUT2D eigenvalue weighted by molar-refractivity contribution is 0.100. The monoisotopic (exact) mass is 1060 g/mol. The number of nitrogens with zero attached hydrogens (tertiary/aromatic N) is 2. The fourth-order valence-corrected chi connectivity index (χ4v) is 9.26. The number of rotatable bonds is 32. The van der Waals surface area contributed by atoms with Crippen molar-refractivity contribution in [3.8, 4) is 0 Å². The predicted octanol–water partition coefficient (Wildman–Crippen LogP) is 10.8. The van der Waals surface area contributed by atoms with Gasteiger partial charge in [-0.15, -0.1) is 0 Å². The predicted molar refractivity (Wildman–Crippen MR) is 283 cm³/mol. The third-order valence-corrected chi connectivity index (χ3v) is 14.0. The van der Waals surface area contributed by atoms with Gasteiger partial charge in [-0.2, -0.15) is 45.4 Å². The summed E-state index contributed by atoms with van der Waals surface area (Å²) in [7, 11) is -13.4. The van der Waals surface area contributed by atoms with E-state index in [0.717, 1.165) is 108 Å². The quantitative estimate of drug-likeness (QED) is 0.0487. The molecule has 15 nitrogen and oxygen atoms in total. The lowest BCUT2D eigenvalue weighted by Crippen LogP contribution is -2.20. The molecule has 0 amide bonds. The first kappa shape index (κ1) is 72.2. The minimum absolute atomic E-state index is 0.114. The van der Waals surface area contributed by atoms with Crippen molar-refractivity contribution in [2.75, 3.05) is 82.4 Å². The second-order valence-corrected chi connectivity index (χ2v) is 23.6. The van der Waals surface area contributed by atoms with Crippen LogP contribution >= 0.6 is 11.8 Å². The topological polar surface area (TPSA) is 198 Å². The Balaban J connectivity index is -0.000000366. The Morgan fingerprint density at radius 3 is 1.64 bits per heavy atom. The number of unbranched alkanes of at least 4 members (excludes halogenated alkanes) is 9. The fourth-order valence-electron chi connectivity index (χ4n) is 4.90. The van der Waals surface area contributed by atoms with E-state index in [1.807, 2.05) is 13.3 Å². The number of ether oxygens (including phenoxy) is 1. The first-order valence-electron chi connectivity index (χ1n) is 24.5. The lowest BCUT2D eigenvalue weighted by Gasteiger charge is -2.12. The summed E-state index contributed by atoms with van der Waals surface area (Å²) in [6.45, 7) is 25.4. The molecule has 0 bridgehead atoms. The average Bonchev–Trinajstić information content (AvgIpc) is 3.78. The van der Waals surface area contributed by atoms with E-state index in [9.17, 15) is 33.7 Å². The number of aryl methyl sites for hydroxylation is 1. The van der Waals surface area contributed by atoms with Gasteiger partial charge in [0.05, 0.1) is 68.6 Å². The van der Waals surface area contributed by atoms with Crippen molar-refractivity contribution in [1.29, 1.82) is 0 Å². The van der Waals surface area contributed by atoms with Crippen molar-refractivity contribution in [2.45, 2.75) is 183 Å². The van der Waals surface area contributed by atoms with E-state index in [-0.39, 0.29) is 30.0 Å². The van der Waals surface area contributed by atoms with E-state index < -0.39 is 40.5 Å². The molecule has 0 N–H and O–H groups in total. The Labute approximate surface area is 416 Å². The molecule has 0 aromatic heterocycles. The molecule has 1 aliphatic rings. The van der Waals surface area contributed by atoms with E-state index in [2.05, 4.69) is 70.9 Å². The molecule has 0 saturated heterocycles. The molecule has 1 aromatic carbocycles. The minimum atomic E-state index is -3.61. The molecule has 0 radical (unpaired) electrons. The maximum absolute atomic E-state index is 11.9. The third kappa shape index (κ3) is 58.9. The molecule has 67 heavy (non-hydrogen) atoms. The smallest absolute Gasteiger partial charge is 0.297 e. The van der Waals surface area contributed by atoms with E-state index in [1.54, 1.807) is 49.9 Å². The summed E-state index contributed by atoms with van der Waals surface area (Å²) in [4.78, 5) is 6.63. The first-order valence-corrected chi connectivity index (χ1v) is 32.3. The molecule has 1 aromatic rings. The van der Waals surface area contributed by atoms with E-state index >= 15 is 0 Å². The van der Waals surface area contributed by atoms with Gasteiger partial charge >= 0.3 is 0 Å². The van der Waals surface area contributed by atoms with Crippen molar-refractivity contribution in [3.63, 3.8) is 0 Å². The van der Waals surface area contributed by atoms with Crippen LogP contribution < -0.4 is 0 Å². The van der Waals surface area contributed by atoms with Crippen molar-refractivity contribution < 1.29 is 55.1 Å². The highest BCUT2D eigenvalue weighted by Gasteiger charge is 2.18. The molecule has 1 heterocycles. The molecule has 0 spiro atoms. The molecule has 0 saturated carbocycles. The zero-order chi connectivity index (χ0) is 51.9. The summed E-state index contributed by atoms with van der Waals surface area (Å²) >= 11 is 1.67. The van der Waals surface area contributed by atoms with Gasteiger partial charge in [0.2, 0.25) is 0 Å². The van der Waals surface area contributed by atoms with Gasteiger partial charge in [-0.1, -0.05) is 137 Å². The van der Waals surface area contributed by atoms with Gasteiger partial charge < -0.3 is 9.64 Å². The molecule has 0 fully saturated rings. The van der Waals surface area contributed by atoms with Gasteiger partial charge in [0.25, 0.3) is 40.5 Å². The summed E-state index contributed by atoms with van der Waals surface area (Å²) in [6.07, 6.45) is 21.8. The zero-order valence-electron chi connectivity index (χ0n) is 43.8. The molecule has 0 aliphatic carbocycles. The molecule has 2 rings (SSSR count). The van der Waals surface area contributed by atoms with Crippen LogP contribution in [-0.2, 0) is 61.9 Å². The zero-order valence-corrected chi connectivity index (χ0v) is 47.9. The molecular formula is C47H96N2O13S5. The largest absolute Gasteiger partial charge is 0.379 e. The number of hydrogen-bond donors (Lipinski definition) is 0. The normalized spacial score (nSPS) is 12.7. The third-order valence-electron chi connectivity index (χ3n) is 8.71. The Kier molecular flexibility index (Phi) is 52.0. The standard InChI is InChI=1S/C13H20O3S.C8H18O3S2.C7H14N2.C7H16O4S.C7H16O3S.C5H12/c1-4-5-6-12(3)16-17(14,15)13-9-7-11(2)8-10-13;1-3-5-6-12-7-8-13(9,10)11-4-2;1-2-3-5-9-6-4-8-7-9;1-3-4-5-10-6-7-11-12(2,8)9;1-3-4-5-6-7-10-11(2,8)9;1-3-5-4-2/h7-10,12H,4-6H2,1-3H3;3-8H2,1-2H3;7H,2-6H2,1H3;3-7H2,1-2H3;3-7H2,1-2H3;3-5H2,1-2H3. The highest BCUT2D eigenvalue weighted by atomic mass is 32.2. The Morgan fingerprint density at radius 1 is 0.612 bits per heavy atom. The van der Waals surface area contributed by atoms with Crippen LogP contribution in [0.15, 0.2) is 34.2 Å². The number of hydrogen-bond acceptors (Lipinski definition) is 16. The van der Waals surface area contributed by atoms with Crippen LogP contribution in [0.2, 0.25) is 0 Å². The first-order chi connectivity index (χ1) is 31.5. The van der Waals surface area contributed by atoms with Gasteiger partial charge in [0, 0.05) is 25.4 Å². The van der Waals surface area contributed by atoms with Crippen molar-refractivity contribution in [1.82, 2.24) is 4.90 Å². The Hall–Kier alpha value is -1.36. The van der Waals surface area contributed by atoms with Gasteiger partial charge in [-0.05, 0) is 70.8 Å². The van der Waals surface area contributed by atoms with E-state index in [1.165, 1.54) is 38.6 Å². The SMILES string of the molecule is CCCCC.CCCCC(C)OS(=O)(=O)c1ccc(C)cc1.CCCCCCOS(C)(=O)=O.CCCCN1C=NCC1.CCCCOCCOS(C)(=O)=O.CCCCSCCS(=O)(=O)OCC. The molecule has 1 aliphatic heterocycles. The highest BCUT2D eigenvalue weighted by Crippen LogP contribution is 2.17. The van der Waals surface area contributed by atoms with Crippen LogP contribution in [0.1, 0.15) is 171 Å². The van der Waals surface area contributed by atoms with Crippen LogP contribution in [0.25, 0.3) is 0 Å². The maximum atomic E-state index is 11.9. The molecule has 1 atom stereocenters. The Bertz CT molecular complexity index is 1690. The maximum Gasteiger partial charge on any atom is 0.297 e. The second-order valence-electron chi connectivity index (χ2n) is 15.8. The molecule has 402 valence electrons. The van der Waals surface area contributed by atoms with Crippen LogP contribution in [0.4, 0.5) is 0 Å². The fraction of sp³-hybridized carbons (Fsp3) is 0.851. The summed E-state index contributed by atoms with van der Waals surface area (Å²) in [5.41, 5.74) is 1.03. The molecular weight excluding hydrogens is 961 g/mol. The van der Waals surface area contributed by atoms with Crippen molar-refractivity contribution in [3.05, 3.63) is 29.8 Å². The van der Waals surface area contributed by atoms with Gasteiger partial charge in [0.1, 0.15) is 0 Å². The highest BCUT2D eigenvalue weighted by molar-refractivity contribution is 8.00. The second kappa shape index (κ2) is 48.3. The molecule has 1 unspecified atom stereocenters. The number of benzene rings is 1. The van der Waals surface area contributed by atoms with Crippen LogP contribution in [0, 0.1) is 6.92 Å². The van der Waals surface area contributed by atoms with Crippen LogP contribution in [0.5, 0.6) is 0 Å². The van der Waals surface area contributed by atoms with Gasteiger partial charge in [-0.3, -0.25) is 21.7 Å². The summed E-state index contributed by atoms with van der Waals surface area (Å²) in [5.74, 6) is 1.82. The summed E-state index contributed by atoms with van der Waals surface area (Å²) < 4.78 is 111. The van der Waals surface area contributed by atoms with Crippen molar-refractivity contribution in [2.24, 2.45) is 4.99 Å². The number of aliphatic imine (C=N–C) groups is 1. The van der Waals surface area contributed by atoms with E-state index in [4.69, 9.17) is 8.92 Å². The van der Waals surface area contributed by atoms with Crippen LogP contribution in [-0.4, -0.2) is 133 Å². The van der Waals surface area contributed by atoms with Crippen molar-refractivity contribution >= 4 is 58.6 Å². The minimum Gasteiger partial charge on any atom is -0.379 e. The Morgan fingerprint density at radius 2 is 1.16 bits per heavy atom. The van der Waals surface area contributed by atoms with Crippen LogP contribution in [0.3, 0.4) is 0 Å². The van der Waals surface area contributed by atoms with Gasteiger partial charge in [-0.25, -0.2) is 0 Å². The van der Waals surface area contributed by atoms with E-state index in [0.29, 0.717) is 25.6 Å². The average molecular weight is 1060 g/mol. The lowest BCUT2D eigenvalue weighted by atomic mass is 10.2. The summed E-state index contributed by atoms with van der Waals surface area (Å²) in [5, 5.41) is 0. The summed E-state index contributed by atoms with van der Waals surface area (Å²) in [6, 6.07) is 6.70. The molecule has 20 heteroatoms.